The summed E-state index contributed by atoms with van der Waals surface area (Å²) in [7, 11) is 0. The molecule has 10 nitrogen and oxygen atoms in total. The molecule has 0 spiro atoms. The Morgan fingerprint density at radius 2 is 1.84 bits per heavy atom. The molecule has 1 aromatic heterocycles. The number of carboxylic acid groups (broad SMARTS) is 1. The van der Waals surface area contributed by atoms with Crippen molar-refractivity contribution in [3.05, 3.63) is 41.0 Å². The van der Waals surface area contributed by atoms with Crippen LogP contribution in [0.2, 0.25) is 0 Å². The van der Waals surface area contributed by atoms with Gasteiger partial charge < -0.3 is 25.7 Å². The van der Waals surface area contributed by atoms with Gasteiger partial charge in [0.2, 0.25) is 17.7 Å². The number of nitrogens with zero attached hydrogens (tertiary/aromatic N) is 2. The van der Waals surface area contributed by atoms with Gasteiger partial charge in [0.05, 0.1) is 22.2 Å². The van der Waals surface area contributed by atoms with E-state index in [-0.39, 0.29) is 44.7 Å². The summed E-state index contributed by atoms with van der Waals surface area (Å²) in [6.45, 7) is 7.60. The monoisotopic (exact) mass is 544 g/mol. The number of benzene rings is 1. The number of aliphatic hydroxyl groups is 1. The van der Waals surface area contributed by atoms with Crippen LogP contribution < -0.4 is 10.6 Å². The van der Waals surface area contributed by atoms with Crippen molar-refractivity contribution in [1.82, 2.24) is 20.5 Å². The molecule has 0 radical (unpaired) electrons. The van der Waals surface area contributed by atoms with Gasteiger partial charge in [-0.05, 0) is 29.9 Å². The summed E-state index contributed by atoms with van der Waals surface area (Å²) in [5.74, 6) is -2.26. The molecule has 1 saturated heterocycles. The maximum Gasteiger partial charge on any atom is 0.303 e. The highest BCUT2D eigenvalue weighted by Crippen LogP contribution is 2.28. The van der Waals surface area contributed by atoms with Crippen molar-refractivity contribution in [2.45, 2.75) is 78.1 Å². The third kappa shape index (κ3) is 7.61. The van der Waals surface area contributed by atoms with Gasteiger partial charge in [-0.1, -0.05) is 45.0 Å². The lowest BCUT2D eigenvalue weighted by molar-refractivity contribution is -0.144. The van der Waals surface area contributed by atoms with Crippen LogP contribution in [0.1, 0.15) is 57.7 Å². The van der Waals surface area contributed by atoms with Crippen LogP contribution in [0.25, 0.3) is 10.4 Å². The second-order valence-electron chi connectivity index (χ2n) is 10.7. The van der Waals surface area contributed by atoms with Crippen molar-refractivity contribution < 1.29 is 29.4 Å². The van der Waals surface area contributed by atoms with Gasteiger partial charge >= 0.3 is 5.97 Å². The van der Waals surface area contributed by atoms with Crippen LogP contribution in [-0.2, 0) is 25.7 Å². The molecule has 3 rings (SSSR count). The van der Waals surface area contributed by atoms with Crippen LogP contribution in [0.15, 0.2) is 29.8 Å². The SMILES string of the molecule is Cc1ncsc1-c1ccc(CNC(=O)[C@@H]2C[C@@H](O)CN2C(=O)[C@@H](NC(=O)CCCC(=O)O)C(C)(C)C)cc1. The first-order chi connectivity index (χ1) is 17.9. The first kappa shape index (κ1) is 29.2. The Morgan fingerprint density at radius 1 is 1.16 bits per heavy atom. The number of aromatic nitrogens is 1. The maximum absolute atomic E-state index is 13.5. The van der Waals surface area contributed by atoms with Gasteiger partial charge in [-0.2, -0.15) is 0 Å². The number of β-amino-alcohol motifs (C(OH)–C–C–N with tert-alkyl or cyclic N) is 1. The van der Waals surface area contributed by atoms with Crippen LogP contribution >= 0.6 is 11.3 Å². The van der Waals surface area contributed by atoms with Gasteiger partial charge in [-0.15, -0.1) is 11.3 Å². The third-order valence-electron chi connectivity index (χ3n) is 6.51. The number of carbonyl (C=O) groups excluding carboxylic acids is 3. The Kier molecular flexibility index (Phi) is 9.61. The number of rotatable bonds is 10. The van der Waals surface area contributed by atoms with E-state index >= 15 is 0 Å². The summed E-state index contributed by atoms with van der Waals surface area (Å²) in [6, 6.07) is 6.00. The van der Waals surface area contributed by atoms with E-state index in [2.05, 4.69) is 15.6 Å². The number of aryl methyl sites for hydroxylation is 1. The highest BCUT2D eigenvalue weighted by atomic mass is 32.1. The van der Waals surface area contributed by atoms with Crippen molar-refractivity contribution in [3.8, 4) is 10.4 Å². The van der Waals surface area contributed by atoms with Crippen LogP contribution in [0, 0.1) is 12.3 Å². The average Bonchev–Trinajstić information content (AvgIpc) is 3.45. The van der Waals surface area contributed by atoms with Crippen LogP contribution in [0.5, 0.6) is 0 Å². The number of aliphatic hydroxyl groups excluding tert-OH is 1. The quantitative estimate of drug-likeness (QED) is 0.359. The second-order valence-corrected chi connectivity index (χ2v) is 11.5. The Morgan fingerprint density at radius 3 is 2.42 bits per heavy atom. The Balaban J connectivity index is 1.64. The summed E-state index contributed by atoms with van der Waals surface area (Å²) >= 11 is 1.57. The van der Waals surface area contributed by atoms with Crippen LogP contribution in [-0.4, -0.2) is 68.5 Å². The van der Waals surface area contributed by atoms with E-state index in [0.717, 1.165) is 21.7 Å². The first-order valence-corrected chi connectivity index (χ1v) is 13.5. The fourth-order valence-electron chi connectivity index (χ4n) is 4.41. The van der Waals surface area contributed by atoms with Gasteiger partial charge in [0.1, 0.15) is 12.1 Å². The van der Waals surface area contributed by atoms with Gasteiger partial charge in [0.25, 0.3) is 0 Å². The fourth-order valence-corrected chi connectivity index (χ4v) is 5.23. The molecule has 0 saturated carbocycles. The lowest BCUT2D eigenvalue weighted by Crippen LogP contribution is -2.57. The number of amides is 3. The van der Waals surface area contributed by atoms with Crippen molar-refractivity contribution in [2.24, 2.45) is 5.41 Å². The Hall–Kier alpha value is -3.31. The average molecular weight is 545 g/mol. The van der Waals surface area contributed by atoms with Gasteiger partial charge in [-0.25, -0.2) is 4.98 Å². The minimum Gasteiger partial charge on any atom is -0.481 e. The zero-order valence-electron chi connectivity index (χ0n) is 22.2. The molecule has 206 valence electrons. The molecule has 2 aromatic rings. The number of aliphatic carboxylic acids is 1. The molecule has 0 unspecified atom stereocenters. The topological polar surface area (TPSA) is 149 Å². The van der Waals surface area contributed by atoms with Gasteiger partial charge in [-0.3, -0.25) is 19.2 Å². The van der Waals surface area contributed by atoms with E-state index in [1.165, 1.54) is 4.90 Å². The van der Waals surface area contributed by atoms with Crippen molar-refractivity contribution in [3.63, 3.8) is 0 Å². The molecular formula is C27H36N4O6S. The minimum absolute atomic E-state index is 0.0126. The molecule has 1 aliphatic rings. The Bertz CT molecular complexity index is 1160. The van der Waals surface area contributed by atoms with Crippen molar-refractivity contribution in [2.75, 3.05) is 6.54 Å². The number of carboxylic acids is 1. The molecular weight excluding hydrogens is 508 g/mol. The molecule has 2 heterocycles. The van der Waals surface area contributed by atoms with E-state index in [4.69, 9.17) is 5.11 Å². The number of hydrogen-bond donors (Lipinski definition) is 4. The number of nitrogens with one attached hydrogen (secondary N) is 2. The smallest absolute Gasteiger partial charge is 0.303 e. The van der Waals surface area contributed by atoms with Gasteiger partial charge in [0, 0.05) is 32.4 Å². The number of hydrogen-bond acceptors (Lipinski definition) is 7. The molecule has 1 fully saturated rings. The molecule has 0 bridgehead atoms. The zero-order valence-corrected chi connectivity index (χ0v) is 23.0. The summed E-state index contributed by atoms with van der Waals surface area (Å²) < 4.78 is 0. The Labute approximate surface area is 226 Å². The summed E-state index contributed by atoms with van der Waals surface area (Å²) in [5.41, 5.74) is 4.03. The second kappa shape index (κ2) is 12.5. The number of likely N-dealkylation sites (tertiary alicyclic amines) is 1. The highest BCUT2D eigenvalue weighted by Gasteiger charge is 2.44. The maximum atomic E-state index is 13.5. The van der Waals surface area contributed by atoms with E-state index in [1.54, 1.807) is 37.6 Å². The minimum atomic E-state index is -0.994. The molecule has 1 aromatic carbocycles. The van der Waals surface area contributed by atoms with Crippen molar-refractivity contribution in [1.29, 1.82) is 0 Å². The standard InChI is InChI=1S/C27H36N4O6S/c1-16-23(38-15-29-16)18-10-8-17(9-11-18)13-28-25(36)20-12-19(32)14-31(20)26(37)24(27(2,3)4)30-21(33)6-5-7-22(34)35/h8-11,15,19-20,24,32H,5-7,12-14H2,1-4H3,(H,28,36)(H,30,33)(H,34,35)/t19-,20+,24-/m1/s1. The van der Waals surface area contributed by atoms with Crippen LogP contribution in [0.3, 0.4) is 0 Å². The van der Waals surface area contributed by atoms with Gasteiger partial charge in [0.15, 0.2) is 0 Å². The number of carbonyl (C=O) groups is 4. The highest BCUT2D eigenvalue weighted by molar-refractivity contribution is 7.13. The molecule has 3 atom stereocenters. The largest absolute Gasteiger partial charge is 0.481 e. The molecule has 4 N–H and O–H groups in total. The fraction of sp³-hybridized carbons (Fsp3) is 0.519. The summed E-state index contributed by atoms with van der Waals surface area (Å²) in [6.07, 6.45) is -0.770. The predicted molar refractivity (Wildman–Crippen MR) is 143 cm³/mol. The van der Waals surface area contributed by atoms with E-state index in [1.807, 2.05) is 31.2 Å². The van der Waals surface area contributed by atoms with E-state index < -0.39 is 41.4 Å². The lowest BCUT2D eigenvalue weighted by Gasteiger charge is -2.35. The van der Waals surface area contributed by atoms with E-state index in [0.29, 0.717) is 0 Å². The zero-order chi connectivity index (χ0) is 28.0. The lowest BCUT2D eigenvalue weighted by atomic mass is 9.85. The normalized spacial score (nSPS) is 18.2. The van der Waals surface area contributed by atoms with Crippen molar-refractivity contribution >= 4 is 35.0 Å². The molecule has 1 aliphatic heterocycles. The molecule has 0 aliphatic carbocycles. The predicted octanol–water partition coefficient (Wildman–Crippen LogP) is 2.48. The molecule has 38 heavy (non-hydrogen) atoms. The number of thiazole rings is 1. The summed E-state index contributed by atoms with van der Waals surface area (Å²) in [5, 5.41) is 24.7. The van der Waals surface area contributed by atoms with E-state index in [9.17, 15) is 24.3 Å². The molecule has 3 amide bonds. The molecule has 11 heteroatoms. The first-order valence-electron chi connectivity index (χ1n) is 12.6. The summed E-state index contributed by atoms with van der Waals surface area (Å²) in [4.78, 5) is 56.5. The van der Waals surface area contributed by atoms with Crippen LogP contribution in [0.4, 0.5) is 0 Å². The third-order valence-corrected chi connectivity index (χ3v) is 7.48.